The van der Waals surface area contributed by atoms with Crippen molar-refractivity contribution in [2.75, 3.05) is 13.1 Å². The van der Waals surface area contributed by atoms with Crippen LogP contribution in [0.1, 0.15) is 24.5 Å². The first-order valence-corrected chi connectivity index (χ1v) is 6.73. The highest BCUT2D eigenvalue weighted by molar-refractivity contribution is 5.60. The van der Waals surface area contributed by atoms with Crippen molar-refractivity contribution in [3.8, 4) is 11.3 Å². The van der Waals surface area contributed by atoms with Crippen LogP contribution in [-0.4, -0.2) is 23.1 Å². The van der Waals surface area contributed by atoms with E-state index in [0.717, 1.165) is 37.7 Å². The van der Waals surface area contributed by atoms with E-state index in [0.29, 0.717) is 11.6 Å². The molecule has 3 nitrogen and oxygen atoms in total. The lowest BCUT2D eigenvalue weighted by Crippen LogP contribution is -2.27. The highest BCUT2D eigenvalue weighted by atomic mass is 19.2. The molecule has 0 spiro atoms. The molecule has 20 heavy (non-hydrogen) atoms. The molecule has 1 aliphatic rings. The fraction of sp³-hybridized carbons (Fsp3) is 0.333. The third kappa shape index (κ3) is 2.54. The summed E-state index contributed by atoms with van der Waals surface area (Å²) in [5, 5.41) is 3.29. The van der Waals surface area contributed by atoms with Gasteiger partial charge in [-0.15, -0.1) is 0 Å². The minimum absolute atomic E-state index is 0.183. The van der Waals surface area contributed by atoms with Gasteiger partial charge < -0.3 is 5.32 Å². The van der Waals surface area contributed by atoms with Crippen LogP contribution < -0.4 is 5.32 Å². The summed E-state index contributed by atoms with van der Waals surface area (Å²) in [6, 6.07) is 5.90. The van der Waals surface area contributed by atoms with E-state index in [4.69, 9.17) is 0 Å². The normalized spacial score (nSPS) is 16.3. The second-order valence-electron chi connectivity index (χ2n) is 4.95. The van der Waals surface area contributed by atoms with E-state index in [2.05, 4.69) is 15.3 Å². The molecule has 1 aromatic carbocycles. The Kier molecular flexibility index (Phi) is 3.69. The molecular formula is C15H15F2N3. The Morgan fingerprint density at radius 1 is 1.10 bits per heavy atom. The summed E-state index contributed by atoms with van der Waals surface area (Å²) >= 11 is 0. The molecule has 104 valence electrons. The first-order valence-electron chi connectivity index (χ1n) is 6.73. The van der Waals surface area contributed by atoms with Gasteiger partial charge in [-0.05, 0) is 44.1 Å². The molecular weight excluding hydrogens is 260 g/mol. The maximum atomic E-state index is 13.8. The molecule has 0 atom stereocenters. The lowest BCUT2D eigenvalue weighted by molar-refractivity contribution is 0.453. The smallest absolute Gasteiger partial charge is 0.168 e. The van der Waals surface area contributed by atoms with Crippen LogP contribution in [0.5, 0.6) is 0 Å². The molecule has 0 radical (unpaired) electrons. The summed E-state index contributed by atoms with van der Waals surface area (Å²) in [6.07, 6.45) is 3.43. The average molecular weight is 275 g/mol. The number of benzene rings is 1. The van der Waals surface area contributed by atoms with Gasteiger partial charge >= 0.3 is 0 Å². The van der Waals surface area contributed by atoms with Gasteiger partial charge in [0.25, 0.3) is 0 Å². The minimum atomic E-state index is -0.859. The zero-order valence-electron chi connectivity index (χ0n) is 10.9. The Morgan fingerprint density at radius 3 is 2.70 bits per heavy atom. The molecule has 0 saturated carbocycles. The van der Waals surface area contributed by atoms with E-state index < -0.39 is 11.6 Å². The number of hydrogen-bond donors (Lipinski definition) is 1. The van der Waals surface area contributed by atoms with Crippen molar-refractivity contribution in [1.29, 1.82) is 0 Å². The molecule has 1 aliphatic heterocycles. The van der Waals surface area contributed by atoms with Gasteiger partial charge in [0.15, 0.2) is 11.6 Å². The second-order valence-corrected chi connectivity index (χ2v) is 4.95. The third-order valence-corrected chi connectivity index (χ3v) is 3.67. The summed E-state index contributed by atoms with van der Waals surface area (Å²) < 4.78 is 27.1. The van der Waals surface area contributed by atoms with Gasteiger partial charge in [0, 0.05) is 17.2 Å². The van der Waals surface area contributed by atoms with Crippen molar-refractivity contribution in [1.82, 2.24) is 15.3 Å². The van der Waals surface area contributed by atoms with Gasteiger partial charge in [-0.1, -0.05) is 6.07 Å². The van der Waals surface area contributed by atoms with Crippen LogP contribution in [-0.2, 0) is 0 Å². The average Bonchev–Trinajstić information content (AvgIpc) is 2.51. The van der Waals surface area contributed by atoms with E-state index in [-0.39, 0.29) is 5.56 Å². The second kappa shape index (κ2) is 5.63. The van der Waals surface area contributed by atoms with Crippen molar-refractivity contribution in [2.45, 2.75) is 18.8 Å². The van der Waals surface area contributed by atoms with Crippen molar-refractivity contribution < 1.29 is 8.78 Å². The molecule has 1 aromatic heterocycles. The molecule has 0 aliphatic carbocycles. The molecule has 0 unspecified atom stereocenters. The van der Waals surface area contributed by atoms with Gasteiger partial charge in [-0.3, -0.25) is 0 Å². The summed E-state index contributed by atoms with van der Waals surface area (Å²) in [5.41, 5.74) is 1.52. The van der Waals surface area contributed by atoms with Crippen LogP contribution in [0.4, 0.5) is 8.78 Å². The molecule has 0 amide bonds. The number of nitrogens with zero attached hydrogens (tertiary/aromatic N) is 2. The fourth-order valence-electron chi connectivity index (χ4n) is 2.56. The number of hydrogen-bond acceptors (Lipinski definition) is 3. The topological polar surface area (TPSA) is 37.8 Å². The monoisotopic (exact) mass is 275 g/mol. The molecule has 5 heteroatoms. The summed E-state index contributed by atoms with van der Waals surface area (Å²) in [7, 11) is 0. The van der Waals surface area contributed by atoms with Gasteiger partial charge in [0.1, 0.15) is 6.33 Å². The first kappa shape index (κ1) is 13.1. The van der Waals surface area contributed by atoms with Crippen molar-refractivity contribution >= 4 is 0 Å². The van der Waals surface area contributed by atoms with E-state index >= 15 is 0 Å². The highest BCUT2D eigenvalue weighted by Gasteiger charge is 2.18. The minimum Gasteiger partial charge on any atom is -0.317 e. The predicted octanol–water partition coefficient (Wildman–Crippen LogP) is 2.89. The van der Waals surface area contributed by atoms with Crippen molar-refractivity contribution in [3.63, 3.8) is 0 Å². The van der Waals surface area contributed by atoms with E-state index in [1.54, 1.807) is 6.07 Å². The molecule has 0 bridgehead atoms. The zero-order valence-corrected chi connectivity index (χ0v) is 10.9. The van der Waals surface area contributed by atoms with Gasteiger partial charge in [0.05, 0.1) is 5.69 Å². The third-order valence-electron chi connectivity index (χ3n) is 3.67. The summed E-state index contributed by atoms with van der Waals surface area (Å²) in [5.74, 6) is -1.36. The van der Waals surface area contributed by atoms with Crippen LogP contribution in [0, 0.1) is 11.6 Å². The van der Waals surface area contributed by atoms with Gasteiger partial charge in [-0.2, -0.15) is 0 Å². The zero-order chi connectivity index (χ0) is 13.9. The quantitative estimate of drug-likeness (QED) is 0.915. The molecule has 2 heterocycles. The van der Waals surface area contributed by atoms with Crippen LogP contribution in [0.15, 0.2) is 30.6 Å². The lowest BCUT2D eigenvalue weighted by atomic mass is 9.93. The number of piperidine rings is 1. The first-order chi connectivity index (χ1) is 9.75. The number of rotatable bonds is 2. The number of nitrogens with one attached hydrogen (secondary N) is 1. The van der Waals surface area contributed by atoms with Crippen LogP contribution in [0.3, 0.4) is 0 Å². The van der Waals surface area contributed by atoms with Crippen LogP contribution >= 0.6 is 0 Å². The number of aromatic nitrogens is 2. The van der Waals surface area contributed by atoms with Crippen LogP contribution in [0.2, 0.25) is 0 Å². The van der Waals surface area contributed by atoms with Crippen molar-refractivity contribution in [3.05, 3.63) is 47.9 Å². The standard InChI is InChI=1S/C15H15F2N3/c16-12-3-1-2-11(15(12)17)14-8-13(19-9-20-14)10-4-6-18-7-5-10/h1-3,8-10,18H,4-7H2. The molecule has 1 fully saturated rings. The Bertz CT molecular complexity index is 610. The Balaban J connectivity index is 1.96. The SMILES string of the molecule is Fc1cccc(-c2cc(C3CCNCC3)ncn2)c1F. The molecule has 1 saturated heterocycles. The Morgan fingerprint density at radius 2 is 1.90 bits per heavy atom. The molecule has 3 rings (SSSR count). The number of halogens is 2. The maximum Gasteiger partial charge on any atom is 0.168 e. The predicted molar refractivity (Wildman–Crippen MR) is 72.2 cm³/mol. The maximum absolute atomic E-state index is 13.8. The highest BCUT2D eigenvalue weighted by Crippen LogP contribution is 2.27. The van der Waals surface area contributed by atoms with E-state index in [1.165, 1.54) is 18.5 Å². The fourth-order valence-corrected chi connectivity index (χ4v) is 2.56. The van der Waals surface area contributed by atoms with E-state index in [1.807, 2.05) is 0 Å². The Labute approximate surface area is 116 Å². The molecule has 1 N–H and O–H groups in total. The molecule has 2 aromatic rings. The van der Waals surface area contributed by atoms with Gasteiger partial charge in [-0.25, -0.2) is 18.7 Å². The van der Waals surface area contributed by atoms with Crippen molar-refractivity contribution in [2.24, 2.45) is 0 Å². The van der Waals surface area contributed by atoms with Gasteiger partial charge in [0.2, 0.25) is 0 Å². The summed E-state index contributed by atoms with van der Waals surface area (Å²) in [6.45, 7) is 1.91. The van der Waals surface area contributed by atoms with Crippen LogP contribution in [0.25, 0.3) is 11.3 Å². The largest absolute Gasteiger partial charge is 0.317 e. The van der Waals surface area contributed by atoms with E-state index in [9.17, 15) is 8.78 Å². The lowest BCUT2D eigenvalue weighted by Gasteiger charge is -2.22. The summed E-state index contributed by atoms with van der Waals surface area (Å²) in [4.78, 5) is 8.36. The Hall–Kier alpha value is -1.88.